The molecule has 78 valence electrons. The lowest BCUT2D eigenvalue weighted by atomic mass is 10.2. The van der Waals surface area contributed by atoms with Gasteiger partial charge in [0.25, 0.3) is 0 Å². The highest BCUT2D eigenvalue weighted by molar-refractivity contribution is 7.89. The molecule has 2 rings (SSSR count). The minimum Gasteiger partial charge on any atom is -0.278 e. The molecule has 1 aromatic carbocycles. The number of nitrogens with one attached hydrogen (secondary N) is 1. The number of sulfonamides is 1. The summed E-state index contributed by atoms with van der Waals surface area (Å²) in [7, 11) is -3.65. The molecule has 2 aromatic rings. The first kappa shape index (κ1) is 9.88. The van der Waals surface area contributed by atoms with Crippen molar-refractivity contribution in [3.8, 4) is 11.3 Å². The molecule has 0 bridgehead atoms. The van der Waals surface area contributed by atoms with Crippen molar-refractivity contribution >= 4 is 10.0 Å². The van der Waals surface area contributed by atoms with E-state index in [0.29, 0.717) is 0 Å². The second-order valence-corrected chi connectivity index (χ2v) is 4.60. The molecular formula is C9H9N3O2S. The molecule has 1 heterocycles. The first-order valence-corrected chi connectivity index (χ1v) is 5.74. The zero-order valence-electron chi connectivity index (χ0n) is 7.71. The van der Waals surface area contributed by atoms with Crippen LogP contribution in [0.15, 0.2) is 41.4 Å². The van der Waals surface area contributed by atoms with Gasteiger partial charge >= 0.3 is 0 Å². The molecule has 0 unspecified atom stereocenters. The van der Waals surface area contributed by atoms with Crippen LogP contribution in [0.25, 0.3) is 11.3 Å². The maximum atomic E-state index is 11.1. The summed E-state index contributed by atoms with van der Waals surface area (Å²) in [6.07, 6.45) is 1.60. The number of hydrogen-bond acceptors (Lipinski definition) is 3. The molecule has 15 heavy (non-hydrogen) atoms. The average Bonchev–Trinajstić information content (AvgIpc) is 2.69. The Hall–Kier alpha value is -1.66. The second kappa shape index (κ2) is 3.48. The number of benzene rings is 1. The molecule has 5 nitrogen and oxygen atoms in total. The first-order valence-electron chi connectivity index (χ1n) is 4.20. The predicted octanol–water partition coefficient (Wildman–Crippen LogP) is 0.724. The van der Waals surface area contributed by atoms with Gasteiger partial charge in [0, 0.05) is 11.8 Å². The molecule has 6 heteroatoms. The Bertz CT molecular complexity index is 561. The molecule has 1 aromatic heterocycles. The highest BCUT2D eigenvalue weighted by atomic mass is 32.2. The smallest absolute Gasteiger partial charge is 0.238 e. The molecule has 0 atom stereocenters. The fourth-order valence-electron chi connectivity index (χ4n) is 1.26. The van der Waals surface area contributed by atoms with E-state index in [2.05, 4.69) is 10.2 Å². The third kappa shape index (κ3) is 2.05. The van der Waals surface area contributed by atoms with Crippen molar-refractivity contribution < 1.29 is 8.42 Å². The highest BCUT2D eigenvalue weighted by Crippen LogP contribution is 2.19. The van der Waals surface area contributed by atoms with E-state index in [9.17, 15) is 8.42 Å². The van der Waals surface area contributed by atoms with Crippen molar-refractivity contribution in [1.29, 1.82) is 0 Å². The molecule has 0 aliphatic heterocycles. The minimum atomic E-state index is -3.65. The summed E-state index contributed by atoms with van der Waals surface area (Å²) in [6, 6.07) is 8.12. The molecule has 0 amide bonds. The van der Waals surface area contributed by atoms with Gasteiger partial charge in [0.2, 0.25) is 10.0 Å². The normalized spacial score (nSPS) is 11.5. The standard InChI is InChI=1S/C9H9N3O2S/c10-15(13,14)8-3-1-2-7(6-8)9-4-5-11-12-9/h1-6H,(H,11,12)(H2,10,13,14). The Morgan fingerprint density at radius 1 is 1.27 bits per heavy atom. The summed E-state index contributed by atoms with van der Waals surface area (Å²) in [5.41, 5.74) is 1.49. The van der Waals surface area contributed by atoms with Crippen molar-refractivity contribution in [3.63, 3.8) is 0 Å². The van der Waals surface area contributed by atoms with Crippen molar-refractivity contribution in [2.24, 2.45) is 5.14 Å². The van der Waals surface area contributed by atoms with Crippen LogP contribution < -0.4 is 5.14 Å². The monoisotopic (exact) mass is 223 g/mol. The summed E-state index contributed by atoms with van der Waals surface area (Å²) < 4.78 is 22.2. The lowest BCUT2D eigenvalue weighted by Gasteiger charge is -2.00. The van der Waals surface area contributed by atoms with Crippen LogP contribution in [0.3, 0.4) is 0 Å². The van der Waals surface area contributed by atoms with Gasteiger partial charge in [-0.3, -0.25) is 5.10 Å². The maximum absolute atomic E-state index is 11.1. The van der Waals surface area contributed by atoms with Gasteiger partial charge in [-0.2, -0.15) is 5.10 Å². The Kier molecular flexibility index (Phi) is 2.29. The van der Waals surface area contributed by atoms with Gasteiger partial charge < -0.3 is 0 Å². The fraction of sp³-hybridized carbons (Fsp3) is 0. The largest absolute Gasteiger partial charge is 0.278 e. The summed E-state index contributed by atoms with van der Waals surface area (Å²) >= 11 is 0. The molecule has 0 saturated carbocycles. The van der Waals surface area contributed by atoms with Crippen molar-refractivity contribution in [1.82, 2.24) is 10.2 Å². The van der Waals surface area contributed by atoms with Gasteiger partial charge in [-0.05, 0) is 18.2 Å². The van der Waals surface area contributed by atoms with Gasteiger partial charge in [0.05, 0.1) is 10.6 Å². The fourth-order valence-corrected chi connectivity index (χ4v) is 1.82. The molecule has 3 N–H and O–H groups in total. The quantitative estimate of drug-likeness (QED) is 0.786. The lowest BCUT2D eigenvalue weighted by molar-refractivity contribution is 0.598. The Morgan fingerprint density at radius 3 is 2.67 bits per heavy atom. The van der Waals surface area contributed by atoms with Crippen molar-refractivity contribution in [3.05, 3.63) is 36.5 Å². The molecule has 0 aliphatic rings. The van der Waals surface area contributed by atoms with Crippen LogP contribution in [-0.2, 0) is 10.0 Å². The van der Waals surface area contributed by atoms with Crippen molar-refractivity contribution in [2.75, 3.05) is 0 Å². The number of rotatable bonds is 2. The second-order valence-electron chi connectivity index (χ2n) is 3.04. The Morgan fingerprint density at radius 2 is 2.07 bits per heavy atom. The zero-order chi connectivity index (χ0) is 10.9. The maximum Gasteiger partial charge on any atom is 0.238 e. The van der Waals surface area contributed by atoms with Crippen LogP contribution in [-0.4, -0.2) is 18.6 Å². The van der Waals surface area contributed by atoms with E-state index in [1.54, 1.807) is 24.4 Å². The van der Waals surface area contributed by atoms with E-state index in [4.69, 9.17) is 5.14 Å². The lowest BCUT2D eigenvalue weighted by Crippen LogP contribution is -2.11. The summed E-state index contributed by atoms with van der Waals surface area (Å²) in [5.74, 6) is 0. The van der Waals surface area contributed by atoms with E-state index < -0.39 is 10.0 Å². The third-order valence-corrected chi connectivity index (χ3v) is 2.89. The van der Waals surface area contributed by atoms with Crippen LogP contribution in [0.1, 0.15) is 0 Å². The van der Waals surface area contributed by atoms with E-state index in [-0.39, 0.29) is 4.90 Å². The molecule has 0 saturated heterocycles. The molecular weight excluding hydrogens is 214 g/mol. The number of hydrogen-bond donors (Lipinski definition) is 2. The number of aromatic amines is 1. The highest BCUT2D eigenvalue weighted by Gasteiger charge is 2.08. The van der Waals surface area contributed by atoms with Crippen LogP contribution >= 0.6 is 0 Å². The number of H-pyrrole nitrogens is 1. The van der Waals surface area contributed by atoms with Crippen molar-refractivity contribution in [2.45, 2.75) is 4.90 Å². The van der Waals surface area contributed by atoms with Crippen LogP contribution in [0, 0.1) is 0 Å². The first-order chi connectivity index (χ1) is 7.07. The number of nitrogens with two attached hydrogens (primary N) is 1. The van der Waals surface area contributed by atoms with Crippen LogP contribution in [0.2, 0.25) is 0 Å². The molecule has 0 spiro atoms. The van der Waals surface area contributed by atoms with E-state index in [1.807, 2.05) is 0 Å². The molecule has 0 radical (unpaired) electrons. The van der Waals surface area contributed by atoms with Crippen LogP contribution in [0.4, 0.5) is 0 Å². The van der Waals surface area contributed by atoms with Gasteiger partial charge in [-0.15, -0.1) is 0 Å². The summed E-state index contributed by atoms with van der Waals surface area (Å²) in [6.45, 7) is 0. The third-order valence-electron chi connectivity index (χ3n) is 1.97. The van der Waals surface area contributed by atoms with Gasteiger partial charge in [0.1, 0.15) is 0 Å². The Labute approximate surface area is 87.0 Å². The van der Waals surface area contributed by atoms with E-state index in [1.165, 1.54) is 12.1 Å². The van der Waals surface area contributed by atoms with E-state index in [0.717, 1.165) is 11.3 Å². The number of aromatic nitrogens is 2. The SMILES string of the molecule is NS(=O)(=O)c1cccc(-c2ccn[nH]2)c1. The zero-order valence-corrected chi connectivity index (χ0v) is 8.53. The van der Waals surface area contributed by atoms with Gasteiger partial charge in [-0.25, -0.2) is 13.6 Å². The van der Waals surface area contributed by atoms with Gasteiger partial charge in [-0.1, -0.05) is 12.1 Å². The summed E-state index contributed by atoms with van der Waals surface area (Å²) in [4.78, 5) is 0.0922. The predicted molar refractivity (Wildman–Crippen MR) is 55.4 cm³/mol. The molecule has 0 fully saturated rings. The van der Waals surface area contributed by atoms with E-state index >= 15 is 0 Å². The minimum absolute atomic E-state index is 0.0922. The number of nitrogens with zero attached hydrogens (tertiary/aromatic N) is 1. The molecule has 0 aliphatic carbocycles. The topological polar surface area (TPSA) is 88.8 Å². The Balaban J connectivity index is 2.53. The summed E-state index contributed by atoms with van der Waals surface area (Å²) in [5, 5.41) is 11.6. The van der Waals surface area contributed by atoms with Gasteiger partial charge in [0.15, 0.2) is 0 Å². The van der Waals surface area contributed by atoms with Crippen LogP contribution in [0.5, 0.6) is 0 Å². The average molecular weight is 223 g/mol. The number of primary sulfonamides is 1.